The number of halogens is 1. The summed E-state index contributed by atoms with van der Waals surface area (Å²) in [5.41, 5.74) is 1.74. The summed E-state index contributed by atoms with van der Waals surface area (Å²) in [6, 6.07) is 7.35. The van der Waals surface area contributed by atoms with Crippen LogP contribution in [-0.2, 0) is 4.79 Å². The summed E-state index contributed by atoms with van der Waals surface area (Å²) >= 11 is 3.27. The first-order valence-electron chi connectivity index (χ1n) is 6.13. The van der Waals surface area contributed by atoms with Crippen molar-refractivity contribution in [2.24, 2.45) is 0 Å². The molecule has 0 aliphatic heterocycles. The van der Waals surface area contributed by atoms with Gasteiger partial charge in [-0.15, -0.1) is 0 Å². The number of carbonyl (C=O) groups is 2. The Kier molecular flexibility index (Phi) is 5.54. The van der Waals surface area contributed by atoms with Gasteiger partial charge in [0.25, 0.3) is 5.91 Å². The van der Waals surface area contributed by atoms with Gasteiger partial charge >= 0.3 is 0 Å². The quantitative estimate of drug-likeness (QED) is 0.642. The molecule has 0 unspecified atom stereocenters. The molecule has 4 nitrogen and oxygen atoms in total. The molecule has 0 aliphatic rings. The third-order valence-electron chi connectivity index (χ3n) is 2.55. The van der Waals surface area contributed by atoms with Gasteiger partial charge < -0.3 is 10.6 Å². The van der Waals surface area contributed by atoms with E-state index < -0.39 is 4.32 Å². The molecule has 0 fully saturated rings. The molecule has 0 aliphatic carbocycles. The molecule has 0 saturated carbocycles. The second kappa shape index (κ2) is 6.70. The number of aryl methyl sites for hydroxylation is 1. The maximum Gasteiger partial charge on any atom is 0.251 e. The number of benzene rings is 1. The minimum atomic E-state index is -0.589. The second-order valence-electron chi connectivity index (χ2n) is 4.85. The summed E-state index contributed by atoms with van der Waals surface area (Å²) in [6.07, 6.45) is 0. The molecule has 0 aromatic heterocycles. The van der Waals surface area contributed by atoms with E-state index in [2.05, 4.69) is 26.6 Å². The molecule has 5 heteroatoms. The van der Waals surface area contributed by atoms with Crippen LogP contribution in [-0.4, -0.2) is 29.2 Å². The van der Waals surface area contributed by atoms with Gasteiger partial charge in [0.15, 0.2) is 0 Å². The summed E-state index contributed by atoms with van der Waals surface area (Å²) in [4.78, 5) is 23.3. The smallest absolute Gasteiger partial charge is 0.251 e. The van der Waals surface area contributed by atoms with E-state index in [1.165, 1.54) is 0 Å². The van der Waals surface area contributed by atoms with Crippen molar-refractivity contribution < 1.29 is 9.59 Å². The Bertz CT molecular complexity index is 450. The minimum absolute atomic E-state index is 0.0999. The molecule has 1 aromatic carbocycles. The van der Waals surface area contributed by atoms with Gasteiger partial charge in [-0.25, -0.2) is 0 Å². The van der Waals surface area contributed by atoms with Crippen LogP contribution in [0.1, 0.15) is 29.8 Å². The Morgan fingerprint density at radius 3 is 2.16 bits per heavy atom. The maximum atomic E-state index is 11.8. The highest BCUT2D eigenvalue weighted by molar-refractivity contribution is 9.10. The van der Waals surface area contributed by atoms with Crippen LogP contribution in [0.3, 0.4) is 0 Å². The van der Waals surface area contributed by atoms with Gasteiger partial charge in [0.2, 0.25) is 5.91 Å². The van der Waals surface area contributed by atoms with Gasteiger partial charge in [-0.2, -0.15) is 0 Å². The first-order valence-corrected chi connectivity index (χ1v) is 6.92. The van der Waals surface area contributed by atoms with Crippen LogP contribution in [0.4, 0.5) is 0 Å². The average Bonchev–Trinajstić information content (AvgIpc) is 2.33. The van der Waals surface area contributed by atoms with Crippen molar-refractivity contribution in [3.05, 3.63) is 35.4 Å². The Hall–Kier alpha value is -1.36. The molecular weight excluding hydrogens is 308 g/mol. The molecule has 2 N–H and O–H groups in total. The van der Waals surface area contributed by atoms with Crippen LogP contribution in [0.2, 0.25) is 0 Å². The lowest BCUT2D eigenvalue weighted by atomic mass is 10.1. The molecule has 0 spiro atoms. The van der Waals surface area contributed by atoms with E-state index in [1.807, 2.05) is 19.1 Å². The van der Waals surface area contributed by atoms with E-state index in [4.69, 9.17) is 0 Å². The zero-order chi connectivity index (χ0) is 14.5. The van der Waals surface area contributed by atoms with Crippen molar-refractivity contribution in [3.8, 4) is 0 Å². The lowest BCUT2D eigenvalue weighted by Gasteiger charge is -2.15. The van der Waals surface area contributed by atoms with Crippen molar-refractivity contribution in [3.63, 3.8) is 0 Å². The van der Waals surface area contributed by atoms with Gasteiger partial charge in [0.05, 0.1) is 4.32 Å². The van der Waals surface area contributed by atoms with E-state index in [0.717, 1.165) is 5.56 Å². The van der Waals surface area contributed by atoms with E-state index in [9.17, 15) is 9.59 Å². The normalized spacial score (nSPS) is 10.9. The molecule has 2 amide bonds. The Balaban J connectivity index is 2.32. The SMILES string of the molecule is Cc1ccc(C(=O)NCCNC(=O)C(C)(C)Br)cc1. The zero-order valence-corrected chi connectivity index (χ0v) is 13.0. The fourth-order valence-electron chi connectivity index (χ4n) is 1.37. The maximum absolute atomic E-state index is 11.8. The highest BCUT2D eigenvalue weighted by Crippen LogP contribution is 2.14. The number of nitrogens with one attached hydrogen (secondary N) is 2. The van der Waals surface area contributed by atoms with Crippen LogP contribution in [0.15, 0.2) is 24.3 Å². The largest absolute Gasteiger partial charge is 0.353 e. The molecular formula is C14H19BrN2O2. The number of hydrogen-bond acceptors (Lipinski definition) is 2. The van der Waals surface area contributed by atoms with Crippen LogP contribution in [0.5, 0.6) is 0 Å². The van der Waals surface area contributed by atoms with Crippen LogP contribution in [0, 0.1) is 6.92 Å². The van der Waals surface area contributed by atoms with E-state index in [-0.39, 0.29) is 11.8 Å². The topological polar surface area (TPSA) is 58.2 Å². The molecule has 1 rings (SSSR count). The third-order valence-corrected chi connectivity index (χ3v) is 2.91. The molecule has 0 bridgehead atoms. The van der Waals surface area contributed by atoms with Crippen molar-refractivity contribution in [1.29, 1.82) is 0 Å². The summed E-state index contributed by atoms with van der Waals surface area (Å²) in [7, 11) is 0. The molecule has 0 atom stereocenters. The molecule has 0 radical (unpaired) electrons. The summed E-state index contributed by atoms with van der Waals surface area (Å²) in [5, 5.41) is 5.49. The van der Waals surface area contributed by atoms with Crippen LogP contribution in [0.25, 0.3) is 0 Å². The van der Waals surface area contributed by atoms with Crippen molar-refractivity contribution in [2.75, 3.05) is 13.1 Å². The number of rotatable bonds is 5. The standard InChI is InChI=1S/C14H19BrN2O2/c1-10-4-6-11(7-5-10)12(18)16-8-9-17-13(19)14(2,3)15/h4-7H,8-9H2,1-3H3,(H,16,18)(H,17,19). The van der Waals surface area contributed by atoms with E-state index >= 15 is 0 Å². The predicted octanol–water partition coefficient (Wildman–Crippen LogP) is 2.01. The lowest BCUT2D eigenvalue weighted by Crippen LogP contribution is -2.41. The van der Waals surface area contributed by atoms with Crippen molar-refractivity contribution in [1.82, 2.24) is 10.6 Å². The van der Waals surface area contributed by atoms with Gasteiger partial charge in [-0.1, -0.05) is 33.6 Å². The Labute approximate surface area is 122 Å². The van der Waals surface area contributed by atoms with E-state index in [0.29, 0.717) is 18.7 Å². The average molecular weight is 327 g/mol. The van der Waals surface area contributed by atoms with Gasteiger partial charge in [0, 0.05) is 18.7 Å². The van der Waals surface area contributed by atoms with E-state index in [1.54, 1.807) is 26.0 Å². The fourth-order valence-corrected chi connectivity index (χ4v) is 1.51. The van der Waals surface area contributed by atoms with Gasteiger partial charge in [0.1, 0.15) is 0 Å². The highest BCUT2D eigenvalue weighted by atomic mass is 79.9. The lowest BCUT2D eigenvalue weighted by molar-refractivity contribution is -0.122. The monoisotopic (exact) mass is 326 g/mol. The van der Waals surface area contributed by atoms with Crippen LogP contribution < -0.4 is 10.6 Å². The summed E-state index contributed by atoms with van der Waals surface area (Å²) in [5.74, 6) is -0.232. The summed E-state index contributed by atoms with van der Waals surface area (Å²) < 4.78 is -0.589. The highest BCUT2D eigenvalue weighted by Gasteiger charge is 2.22. The van der Waals surface area contributed by atoms with Crippen molar-refractivity contribution >= 4 is 27.7 Å². The van der Waals surface area contributed by atoms with Crippen LogP contribution >= 0.6 is 15.9 Å². The predicted molar refractivity (Wildman–Crippen MR) is 79.5 cm³/mol. The number of carbonyl (C=O) groups excluding carboxylic acids is 2. The minimum Gasteiger partial charge on any atom is -0.353 e. The van der Waals surface area contributed by atoms with Gasteiger partial charge in [-0.05, 0) is 32.9 Å². The number of hydrogen-bond donors (Lipinski definition) is 2. The summed E-state index contributed by atoms with van der Waals surface area (Å²) in [6.45, 7) is 6.33. The molecule has 0 saturated heterocycles. The number of amides is 2. The molecule has 1 aromatic rings. The first-order chi connectivity index (χ1) is 8.80. The molecule has 19 heavy (non-hydrogen) atoms. The molecule has 104 valence electrons. The number of alkyl halides is 1. The molecule has 0 heterocycles. The third kappa shape index (κ3) is 5.42. The first kappa shape index (κ1) is 15.7. The fraction of sp³-hybridized carbons (Fsp3) is 0.429. The van der Waals surface area contributed by atoms with Crippen molar-refractivity contribution in [2.45, 2.75) is 25.1 Å². The Morgan fingerprint density at radius 1 is 1.11 bits per heavy atom. The Morgan fingerprint density at radius 2 is 1.63 bits per heavy atom. The zero-order valence-electron chi connectivity index (χ0n) is 11.4. The van der Waals surface area contributed by atoms with Gasteiger partial charge in [-0.3, -0.25) is 9.59 Å². The second-order valence-corrected chi connectivity index (χ2v) is 6.83.